The first-order valence-electron chi connectivity index (χ1n) is 9.88. The molecule has 2 heterocycles. The first kappa shape index (κ1) is 19.2. The summed E-state index contributed by atoms with van der Waals surface area (Å²) in [6.07, 6.45) is 4.05. The summed E-state index contributed by atoms with van der Waals surface area (Å²) < 4.78 is 0. The number of nitrogens with zero attached hydrogens (tertiary/aromatic N) is 1. The van der Waals surface area contributed by atoms with Crippen LogP contribution in [0.3, 0.4) is 0 Å². The molecule has 1 aliphatic rings. The van der Waals surface area contributed by atoms with Crippen LogP contribution in [0.4, 0.5) is 5.69 Å². The van der Waals surface area contributed by atoms with Gasteiger partial charge in [0.25, 0.3) is 0 Å². The molecule has 0 amide bonds. The Morgan fingerprint density at radius 2 is 2.00 bits per heavy atom. The Hall–Kier alpha value is -3.18. The van der Waals surface area contributed by atoms with E-state index in [0.717, 1.165) is 13.0 Å². The second kappa shape index (κ2) is 8.05. The van der Waals surface area contributed by atoms with Crippen LogP contribution in [0.25, 0.3) is 11.1 Å². The summed E-state index contributed by atoms with van der Waals surface area (Å²) in [6, 6.07) is 14.8. The molecule has 4 rings (SSSR count). The van der Waals surface area contributed by atoms with Crippen molar-refractivity contribution in [1.29, 1.82) is 0 Å². The van der Waals surface area contributed by atoms with Crippen molar-refractivity contribution in [3.8, 4) is 11.1 Å². The molecule has 1 aromatic heterocycles. The van der Waals surface area contributed by atoms with Gasteiger partial charge in [0.1, 0.15) is 0 Å². The highest BCUT2D eigenvalue weighted by atomic mass is 16.4. The molecule has 0 bridgehead atoms. The molecule has 2 aromatic carbocycles. The number of nitrogens with one attached hydrogen (secondary N) is 2. The number of benzene rings is 2. The van der Waals surface area contributed by atoms with Gasteiger partial charge in [-0.05, 0) is 66.3 Å². The van der Waals surface area contributed by atoms with Gasteiger partial charge in [0.15, 0.2) is 0 Å². The topological polar surface area (TPSA) is 74.2 Å². The van der Waals surface area contributed by atoms with E-state index in [9.17, 15) is 9.90 Å². The predicted molar refractivity (Wildman–Crippen MR) is 115 cm³/mol. The number of pyridine rings is 1. The molecule has 0 aliphatic carbocycles. The van der Waals surface area contributed by atoms with Gasteiger partial charge in [-0.25, -0.2) is 4.79 Å². The van der Waals surface area contributed by atoms with Crippen LogP contribution in [0, 0.1) is 13.8 Å². The van der Waals surface area contributed by atoms with Crippen LogP contribution in [-0.2, 0) is 6.42 Å². The highest BCUT2D eigenvalue weighted by Gasteiger charge is 2.21. The van der Waals surface area contributed by atoms with Gasteiger partial charge in [0.05, 0.1) is 17.4 Å². The molecule has 148 valence electrons. The quantitative estimate of drug-likeness (QED) is 0.606. The van der Waals surface area contributed by atoms with Crippen molar-refractivity contribution in [2.24, 2.45) is 0 Å². The lowest BCUT2D eigenvalue weighted by Gasteiger charge is -2.28. The number of anilines is 1. The minimum Gasteiger partial charge on any atom is -0.478 e. The van der Waals surface area contributed by atoms with Gasteiger partial charge in [-0.3, -0.25) is 4.98 Å². The van der Waals surface area contributed by atoms with E-state index in [1.807, 2.05) is 0 Å². The van der Waals surface area contributed by atoms with Crippen molar-refractivity contribution in [2.75, 3.05) is 18.4 Å². The van der Waals surface area contributed by atoms with E-state index in [1.165, 1.54) is 45.6 Å². The van der Waals surface area contributed by atoms with Crippen molar-refractivity contribution in [1.82, 2.24) is 10.3 Å². The molecular formula is C24H25N3O2. The second-order valence-corrected chi connectivity index (χ2v) is 7.54. The maximum atomic E-state index is 11.4. The average Bonchev–Trinajstić information content (AvgIpc) is 2.72. The van der Waals surface area contributed by atoms with Gasteiger partial charge >= 0.3 is 5.97 Å². The Bertz CT molecular complexity index is 1040. The molecule has 1 atom stereocenters. The molecule has 0 saturated carbocycles. The lowest BCUT2D eigenvalue weighted by atomic mass is 9.88. The van der Waals surface area contributed by atoms with Crippen molar-refractivity contribution in [3.05, 3.63) is 82.7 Å². The Labute approximate surface area is 170 Å². The molecule has 3 N–H and O–H groups in total. The van der Waals surface area contributed by atoms with Crippen LogP contribution in [0.2, 0.25) is 0 Å². The van der Waals surface area contributed by atoms with E-state index in [-0.39, 0.29) is 11.6 Å². The Morgan fingerprint density at radius 1 is 1.21 bits per heavy atom. The fourth-order valence-corrected chi connectivity index (χ4v) is 4.19. The molecule has 0 radical (unpaired) electrons. The molecule has 0 spiro atoms. The third kappa shape index (κ3) is 3.87. The summed E-state index contributed by atoms with van der Waals surface area (Å²) in [5, 5.41) is 16.2. The molecule has 0 unspecified atom stereocenters. The Balaban J connectivity index is 1.59. The molecular weight excluding hydrogens is 362 g/mol. The first-order valence-corrected chi connectivity index (χ1v) is 9.88. The van der Waals surface area contributed by atoms with E-state index in [1.54, 1.807) is 6.20 Å². The van der Waals surface area contributed by atoms with E-state index < -0.39 is 5.97 Å². The van der Waals surface area contributed by atoms with E-state index in [2.05, 4.69) is 65.9 Å². The monoisotopic (exact) mass is 387 g/mol. The number of carboxylic acid groups (broad SMARTS) is 1. The van der Waals surface area contributed by atoms with Gasteiger partial charge in [-0.1, -0.05) is 36.4 Å². The number of carboxylic acids is 1. The van der Waals surface area contributed by atoms with Gasteiger partial charge < -0.3 is 15.7 Å². The van der Waals surface area contributed by atoms with Crippen molar-refractivity contribution < 1.29 is 9.90 Å². The SMILES string of the molecule is Cc1cccc(C)c1-c1ccc2c(c1)CCN[C@@H]2CNc1cnccc1C(=O)O. The second-order valence-electron chi connectivity index (χ2n) is 7.54. The molecule has 3 aromatic rings. The fourth-order valence-electron chi connectivity index (χ4n) is 4.19. The van der Waals surface area contributed by atoms with Crippen molar-refractivity contribution in [2.45, 2.75) is 26.3 Å². The summed E-state index contributed by atoms with van der Waals surface area (Å²) >= 11 is 0. The highest BCUT2D eigenvalue weighted by molar-refractivity contribution is 5.93. The summed E-state index contributed by atoms with van der Waals surface area (Å²) in [4.78, 5) is 15.5. The Morgan fingerprint density at radius 3 is 2.76 bits per heavy atom. The van der Waals surface area contributed by atoms with Crippen LogP contribution in [0.5, 0.6) is 0 Å². The van der Waals surface area contributed by atoms with Crippen LogP contribution < -0.4 is 10.6 Å². The largest absolute Gasteiger partial charge is 0.478 e. The molecule has 5 nitrogen and oxygen atoms in total. The molecule has 0 fully saturated rings. The zero-order valence-electron chi connectivity index (χ0n) is 16.7. The normalized spacial score (nSPS) is 15.6. The fraction of sp³-hybridized carbons (Fsp3) is 0.250. The lowest BCUT2D eigenvalue weighted by Crippen LogP contribution is -2.34. The maximum Gasteiger partial charge on any atom is 0.337 e. The average molecular weight is 387 g/mol. The van der Waals surface area contributed by atoms with Crippen LogP contribution in [0.15, 0.2) is 54.9 Å². The van der Waals surface area contributed by atoms with E-state index in [4.69, 9.17) is 0 Å². The number of aromatic nitrogens is 1. The van der Waals surface area contributed by atoms with E-state index >= 15 is 0 Å². The Kier molecular flexibility index (Phi) is 5.32. The lowest BCUT2D eigenvalue weighted by molar-refractivity contribution is 0.0697. The summed E-state index contributed by atoms with van der Waals surface area (Å²) in [5.41, 5.74) is 8.53. The maximum absolute atomic E-state index is 11.4. The van der Waals surface area contributed by atoms with Crippen LogP contribution in [-0.4, -0.2) is 29.1 Å². The zero-order chi connectivity index (χ0) is 20.4. The molecule has 29 heavy (non-hydrogen) atoms. The number of fused-ring (bicyclic) bond motifs is 1. The summed E-state index contributed by atoms with van der Waals surface area (Å²) in [5.74, 6) is -0.954. The smallest absolute Gasteiger partial charge is 0.337 e. The first-order chi connectivity index (χ1) is 14.0. The van der Waals surface area contributed by atoms with Gasteiger partial charge in [0, 0.05) is 18.8 Å². The third-order valence-corrected chi connectivity index (χ3v) is 5.62. The van der Waals surface area contributed by atoms with Gasteiger partial charge in [-0.15, -0.1) is 0 Å². The number of aryl methyl sites for hydroxylation is 2. The highest BCUT2D eigenvalue weighted by Crippen LogP contribution is 2.32. The minimum atomic E-state index is -0.954. The third-order valence-electron chi connectivity index (χ3n) is 5.62. The summed E-state index contributed by atoms with van der Waals surface area (Å²) in [6.45, 7) is 5.81. The van der Waals surface area contributed by atoms with Crippen molar-refractivity contribution >= 4 is 11.7 Å². The number of carbonyl (C=O) groups is 1. The van der Waals surface area contributed by atoms with Crippen LogP contribution >= 0.6 is 0 Å². The molecule has 5 heteroatoms. The number of hydrogen-bond donors (Lipinski definition) is 3. The van der Waals surface area contributed by atoms with E-state index in [0.29, 0.717) is 12.2 Å². The number of rotatable bonds is 5. The number of hydrogen-bond acceptors (Lipinski definition) is 4. The minimum absolute atomic E-state index is 0.118. The standard InChI is InChI=1S/C24H25N3O2/c1-15-4-3-5-16(2)23(15)18-6-7-19-17(12-18)8-11-26-22(19)14-27-21-13-25-10-9-20(21)24(28)29/h3-7,9-10,12-13,22,26-27H,8,11,14H2,1-2H3,(H,28,29)/t22-/m1/s1. The van der Waals surface area contributed by atoms with Gasteiger partial charge in [0.2, 0.25) is 0 Å². The predicted octanol–water partition coefficient (Wildman–Crippen LogP) is 4.36. The summed E-state index contributed by atoms with van der Waals surface area (Å²) in [7, 11) is 0. The van der Waals surface area contributed by atoms with Gasteiger partial charge in [-0.2, -0.15) is 0 Å². The molecule has 1 aliphatic heterocycles. The molecule has 0 saturated heterocycles. The zero-order valence-corrected chi connectivity index (χ0v) is 16.7. The van der Waals surface area contributed by atoms with Crippen LogP contribution in [0.1, 0.15) is 38.7 Å². The van der Waals surface area contributed by atoms with Crippen molar-refractivity contribution in [3.63, 3.8) is 0 Å². The number of aromatic carboxylic acids is 1.